The molecule has 0 atom stereocenters. The zero-order valence-corrected chi connectivity index (χ0v) is 16.6. The fraction of sp³-hybridized carbons (Fsp3) is 0.364. The summed E-state index contributed by atoms with van der Waals surface area (Å²) >= 11 is 0. The number of nitrogens with zero attached hydrogens (tertiary/aromatic N) is 2. The Morgan fingerprint density at radius 3 is 2.00 bits per heavy atom. The summed E-state index contributed by atoms with van der Waals surface area (Å²) in [7, 11) is 2.14. The van der Waals surface area contributed by atoms with E-state index in [1.54, 1.807) is 24.3 Å². The third kappa shape index (κ3) is 5.10. The van der Waals surface area contributed by atoms with Crippen molar-refractivity contribution in [2.45, 2.75) is 13.3 Å². The molecule has 0 saturated carbocycles. The second-order valence-corrected chi connectivity index (χ2v) is 7.12. The minimum atomic E-state index is -0.187. The van der Waals surface area contributed by atoms with E-state index < -0.39 is 0 Å². The number of hydrogen-bond donors (Lipinski definition) is 2. The predicted octanol–water partition coefficient (Wildman–Crippen LogP) is 2.83. The van der Waals surface area contributed by atoms with Crippen LogP contribution >= 0.6 is 0 Å². The number of amides is 2. The highest BCUT2D eigenvalue weighted by molar-refractivity contribution is 6.05. The number of piperazine rings is 1. The molecule has 1 saturated heterocycles. The van der Waals surface area contributed by atoms with Crippen LogP contribution in [0.25, 0.3) is 0 Å². The molecule has 1 fully saturated rings. The number of carbonyl (C=O) groups excluding carboxylic acids is 2. The average Bonchev–Trinajstić information content (AvgIpc) is 2.73. The first-order valence-corrected chi connectivity index (χ1v) is 9.80. The Bertz CT molecular complexity index is 794. The summed E-state index contributed by atoms with van der Waals surface area (Å²) in [5, 5.41) is 5.74. The SMILES string of the molecule is CCCNC(=O)c1ccc(C(=O)Nc2ccc(N3CCN(C)CC3)cc2)cc1. The first kappa shape index (κ1) is 19.9. The van der Waals surface area contributed by atoms with E-state index in [1.807, 2.05) is 31.2 Å². The Hall–Kier alpha value is -2.86. The molecule has 0 aromatic heterocycles. The Kier molecular flexibility index (Phi) is 6.66. The fourth-order valence-electron chi connectivity index (χ4n) is 3.14. The smallest absolute Gasteiger partial charge is 0.255 e. The minimum Gasteiger partial charge on any atom is -0.369 e. The van der Waals surface area contributed by atoms with E-state index in [-0.39, 0.29) is 11.8 Å². The largest absolute Gasteiger partial charge is 0.369 e. The maximum Gasteiger partial charge on any atom is 0.255 e. The van der Waals surface area contributed by atoms with Crippen LogP contribution in [0, 0.1) is 0 Å². The molecule has 0 radical (unpaired) electrons. The molecule has 1 aliphatic rings. The zero-order valence-electron chi connectivity index (χ0n) is 16.6. The lowest BCUT2D eigenvalue weighted by molar-refractivity contribution is 0.0951. The van der Waals surface area contributed by atoms with Crippen LogP contribution in [-0.2, 0) is 0 Å². The van der Waals surface area contributed by atoms with E-state index in [1.165, 1.54) is 5.69 Å². The standard InChI is InChI=1S/C22H28N4O2/c1-3-12-23-21(27)17-4-6-18(7-5-17)22(28)24-19-8-10-20(11-9-19)26-15-13-25(2)14-16-26/h4-11H,3,12-16H2,1-2H3,(H,23,27)(H,24,28). The molecule has 2 aromatic carbocycles. The van der Waals surface area contributed by atoms with E-state index in [4.69, 9.17) is 0 Å². The molecule has 2 N–H and O–H groups in total. The number of rotatable bonds is 6. The third-order valence-corrected chi connectivity index (χ3v) is 4.94. The van der Waals surface area contributed by atoms with E-state index in [2.05, 4.69) is 27.5 Å². The van der Waals surface area contributed by atoms with Crippen molar-refractivity contribution in [2.75, 3.05) is 50.0 Å². The minimum absolute atomic E-state index is 0.117. The molecule has 6 nitrogen and oxygen atoms in total. The van der Waals surface area contributed by atoms with Gasteiger partial charge in [0.05, 0.1) is 0 Å². The van der Waals surface area contributed by atoms with Crippen LogP contribution in [0.1, 0.15) is 34.1 Å². The van der Waals surface area contributed by atoms with Crippen molar-refractivity contribution in [1.29, 1.82) is 0 Å². The Labute approximate surface area is 166 Å². The quantitative estimate of drug-likeness (QED) is 0.809. The van der Waals surface area contributed by atoms with Gasteiger partial charge in [-0.25, -0.2) is 0 Å². The van der Waals surface area contributed by atoms with E-state index in [9.17, 15) is 9.59 Å². The lowest BCUT2D eigenvalue weighted by atomic mass is 10.1. The van der Waals surface area contributed by atoms with Crippen molar-refractivity contribution in [1.82, 2.24) is 10.2 Å². The van der Waals surface area contributed by atoms with Crippen molar-refractivity contribution in [3.8, 4) is 0 Å². The van der Waals surface area contributed by atoms with Crippen LogP contribution in [-0.4, -0.2) is 56.5 Å². The summed E-state index contributed by atoms with van der Waals surface area (Å²) < 4.78 is 0. The number of nitrogens with one attached hydrogen (secondary N) is 2. The maximum atomic E-state index is 12.5. The van der Waals surface area contributed by atoms with Gasteiger partial charge in [-0.2, -0.15) is 0 Å². The first-order valence-electron chi connectivity index (χ1n) is 9.80. The molecule has 148 valence electrons. The van der Waals surface area contributed by atoms with Crippen LogP contribution in [0.4, 0.5) is 11.4 Å². The summed E-state index contributed by atoms with van der Waals surface area (Å²) in [5.74, 6) is -0.304. The summed E-state index contributed by atoms with van der Waals surface area (Å²) in [6, 6.07) is 14.6. The number of anilines is 2. The van der Waals surface area contributed by atoms with Crippen LogP contribution in [0.3, 0.4) is 0 Å². The summed E-state index contributed by atoms with van der Waals surface area (Å²) in [6.45, 7) is 6.80. The molecule has 1 aliphatic heterocycles. The van der Waals surface area contributed by atoms with Crippen LogP contribution < -0.4 is 15.5 Å². The number of likely N-dealkylation sites (N-methyl/N-ethyl adjacent to an activating group) is 1. The zero-order chi connectivity index (χ0) is 19.9. The van der Waals surface area contributed by atoms with Gasteiger partial charge >= 0.3 is 0 Å². The van der Waals surface area contributed by atoms with Gasteiger partial charge in [-0.05, 0) is 62.0 Å². The van der Waals surface area contributed by atoms with Crippen LogP contribution in [0.15, 0.2) is 48.5 Å². The first-order chi connectivity index (χ1) is 13.6. The molecule has 0 aliphatic carbocycles. The predicted molar refractivity (Wildman–Crippen MR) is 113 cm³/mol. The lowest BCUT2D eigenvalue weighted by Crippen LogP contribution is -2.44. The highest BCUT2D eigenvalue weighted by Crippen LogP contribution is 2.20. The van der Waals surface area contributed by atoms with Gasteiger partial charge < -0.3 is 20.4 Å². The second-order valence-electron chi connectivity index (χ2n) is 7.12. The van der Waals surface area contributed by atoms with Crippen molar-refractivity contribution in [3.05, 3.63) is 59.7 Å². The molecule has 1 heterocycles. The van der Waals surface area contributed by atoms with Gasteiger partial charge in [0, 0.05) is 55.2 Å². The van der Waals surface area contributed by atoms with Crippen LogP contribution in [0.2, 0.25) is 0 Å². The molecule has 2 amide bonds. The highest BCUT2D eigenvalue weighted by Gasteiger charge is 2.14. The maximum absolute atomic E-state index is 12.5. The molecule has 3 rings (SSSR count). The van der Waals surface area contributed by atoms with Gasteiger partial charge in [0.1, 0.15) is 0 Å². The molecule has 0 unspecified atom stereocenters. The molecule has 6 heteroatoms. The lowest BCUT2D eigenvalue weighted by Gasteiger charge is -2.34. The van der Waals surface area contributed by atoms with Gasteiger partial charge in [-0.15, -0.1) is 0 Å². The molecule has 0 spiro atoms. The second kappa shape index (κ2) is 9.37. The molecule has 28 heavy (non-hydrogen) atoms. The molecular weight excluding hydrogens is 352 g/mol. The van der Waals surface area contributed by atoms with E-state index in [0.29, 0.717) is 17.7 Å². The Morgan fingerprint density at radius 2 is 1.43 bits per heavy atom. The van der Waals surface area contributed by atoms with E-state index >= 15 is 0 Å². The van der Waals surface area contributed by atoms with Crippen LogP contribution in [0.5, 0.6) is 0 Å². The van der Waals surface area contributed by atoms with Gasteiger partial charge in [0.2, 0.25) is 0 Å². The van der Waals surface area contributed by atoms with Gasteiger partial charge in [-0.1, -0.05) is 6.92 Å². The number of benzene rings is 2. The number of carbonyl (C=O) groups is 2. The van der Waals surface area contributed by atoms with Crippen molar-refractivity contribution in [3.63, 3.8) is 0 Å². The van der Waals surface area contributed by atoms with E-state index in [0.717, 1.165) is 38.3 Å². The Balaban J connectivity index is 1.57. The Morgan fingerprint density at radius 1 is 0.857 bits per heavy atom. The normalized spacial score (nSPS) is 14.6. The monoisotopic (exact) mass is 380 g/mol. The van der Waals surface area contributed by atoms with Gasteiger partial charge in [-0.3, -0.25) is 9.59 Å². The van der Waals surface area contributed by atoms with Gasteiger partial charge in [0.25, 0.3) is 11.8 Å². The van der Waals surface area contributed by atoms with Crippen molar-refractivity contribution in [2.24, 2.45) is 0 Å². The number of hydrogen-bond acceptors (Lipinski definition) is 4. The van der Waals surface area contributed by atoms with Crippen molar-refractivity contribution < 1.29 is 9.59 Å². The average molecular weight is 380 g/mol. The summed E-state index contributed by atoms with van der Waals surface area (Å²) in [5.41, 5.74) is 3.01. The van der Waals surface area contributed by atoms with Gasteiger partial charge in [0.15, 0.2) is 0 Å². The third-order valence-electron chi connectivity index (χ3n) is 4.94. The summed E-state index contributed by atoms with van der Waals surface area (Å²) in [4.78, 5) is 29.1. The molecule has 0 bridgehead atoms. The summed E-state index contributed by atoms with van der Waals surface area (Å²) in [6.07, 6.45) is 0.889. The van der Waals surface area contributed by atoms with Crippen molar-refractivity contribution >= 4 is 23.2 Å². The topological polar surface area (TPSA) is 64.7 Å². The highest BCUT2D eigenvalue weighted by atomic mass is 16.2. The molecule has 2 aromatic rings. The molecular formula is C22H28N4O2. The fourth-order valence-corrected chi connectivity index (χ4v) is 3.14.